The van der Waals surface area contributed by atoms with Crippen LogP contribution in [0.25, 0.3) is 12.2 Å². The van der Waals surface area contributed by atoms with Gasteiger partial charge < -0.3 is 10.7 Å². The molecule has 0 aromatic carbocycles. The molecular weight excluding hydrogens is 136 g/mol. The fourth-order valence-corrected chi connectivity index (χ4v) is 0.949. The van der Waals surface area contributed by atoms with E-state index in [1.165, 1.54) is 6.20 Å². The van der Waals surface area contributed by atoms with Gasteiger partial charge in [0, 0.05) is 11.5 Å². The number of allylic oxidation sites excluding steroid dienone is 1. The third-order valence-corrected chi connectivity index (χ3v) is 1.49. The van der Waals surface area contributed by atoms with Gasteiger partial charge >= 0.3 is 0 Å². The lowest BCUT2D eigenvalue weighted by Crippen LogP contribution is -2.20. The molecule has 1 rings (SSSR count). The van der Waals surface area contributed by atoms with Crippen molar-refractivity contribution in [3.8, 4) is 0 Å². The summed E-state index contributed by atoms with van der Waals surface area (Å²) in [7, 11) is 0. The SMILES string of the molecule is C/C=c1/[nH]cc/c1=C/C=C\N. The highest BCUT2D eigenvalue weighted by molar-refractivity contribution is 5.37. The first-order valence-corrected chi connectivity index (χ1v) is 3.57. The molecule has 2 heteroatoms. The quantitative estimate of drug-likeness (QED) is 0.581. The molecule has 0 saturated heterocycles. The predicted molar refractivity (Wildman–Crippen MR) is 48.0 cm³/mol. The van der Waals surface area contributed by atoms with E-state index in [2.05, 4.69) is 4.98 Å². The largest absolute Gasteiger partial charge is 0.405 e. The maximum atomic E-state index is 5.20. The van der Waals surface area contributed by atoms with Crippen molar-refractivity contribution in [2.45, 2.75) is 6.92 Å². The summed E-state index contributed by atoms with van der Waals surface area (Å²) < 4.78 is 0. The second-order valence-corrected chi connectivity index (χ2v) is 2.19. The van der Waals surface area contributed by atoms with Gasteiger partial charge in [0.15, 0.2) is 0 Å². The molecule has 0 aliphatic rings. The van der Waals surface area contributed by atoms with Crippen molar-refractivity contribution >= 4 is 12.2 Å². The molecule has 0 fully saturated rings. The molecule has 0 spiro atoms. The highest BCUT2D eigenvalue weighted by Gasteiger charge is 1.79. The van der Waals surface area contributed by atoms with Gasteiger partial charge in [0.25, 0.3) is 0 Å². The first-order chi connectivity index (χ1) is 5.38. The summed E-state index contributed by atoms with van der Waals surface area (Å²) >= 11 is 0. The molecule has 0 bridgehead atoms. The number of rotatable bonds is 1. The smallest absolute Gasteiger partial charge is 0.0410 e. The lowest BCUT2D eigenvalue weighted by molar-refractivity contribution is 1.31. The summed E-state index contributed by atoms with van der Waals surface area (Å²) in [5.41, 5.74) is 5.20. The second-order valence-electron chi connectivity index (χ2n) is 2.19. The van der Waals surface area contributed by atoms with Crippen LogP contribution in [0.3, 0.4) is 0 Å². The van der Waals surface area contributed by atoms with Crippen LogP contribution in [0, 0.1) is 0 Å². The highest BCUT2D eigenvalue weighted by Crippen LogP contribution is 1.68. The fourth-order valence-electron chi connectivity index (χ4n) is 0.949. The van der Waals surface area contributed by atoms with Crippen molar-refractivity contribution in [2.24, 2.45) is 5.73 Å². The molecule has 0 saturated carbocycles. The van der Waals surface area contributed by atoms with Gasteiger partial charge in [-0.3, -0.25) is 0 Å². The van der Waals surface area contributed by atoms with E-state index in [0.717, 1.165) is 10.6 Å². The molecule has 58 valence electrons. The normalized spacial score (nSPS) is 15.0. The van der Waals surface area contributed by atoms with Crippen molar-refractivity contribution < 1.29 is 0 Å². The predicted octanol–water partition coefficient (Wildman–Crippen LogP) is 0.0680. The Morgan fingerprint density at radius 3 is 3.00 bits per heavy atom. The van der Waals surface area contributed by atoms with E-state index in [4.69, 9.17) is 5.73 Å². The van der Waals surface area contributed by atoms with E-state index in [1.807, 2.05) is 37.4 Å². The number of H-pyrrole nitrogens is 1. The summed E-state index contributed by atoms with van der Waals surface area (Å²) in [4.78, 5) is 3.10. The number of aromatic amines is 1. The molecule has 0 radical (unpaired) electrons. The first kappa shape index (κ1) is 7.66. The molecular formula is C9H12N2. The Balaban J connectivity index is 3.23. The Morgan fingerprint density at radius 1 is 1.55 bits per heavy atom. The van der Waals surface area contributed by atoms with E-state index >= 15 is 0 Å². The molecule has 11 heavy (non-hydrogen) atoms. The van der Waals surface area contributed by atoms with E-state index < -0.39 is 0 Å². The monoisotopic (exact) mass is 148 g/mol. The molecule has 0 aliphatic heterocycles. The molecule has 0 aliphatic carbocycles. The van der Waals surface area contributed by atoms with E-state index in [0.29, 0.717) is 0 Å². The van der Waals surface area contributed by atoms with Crippen molar-refractivity contribution in [3.63, 3.8) is 0 Å². The Hall–Kier alpha value is -1.44. The summed E-state index contributed by atoms with van der Waals surface area (Å²) in [5, 5.41) is 2.29. The number of nitrogens with one attached hydrogen (secondary N) is 1. The van der Waals surface area contributed by atoms with Gasteiger partial charge in [-0.05, 0) is 30.5 Å². The van der Waals surface area contributed by atoms with E-state index in [-0.39, 0.29) is 0 Å². The number of nitrogens with two attached hydrogens (primary N) is 1. The third kappa shape index (κ3) is 1.74. The summed E-state index contributed by atoms with van der Waals surface area (Å²) in [6.45, 7) is 2.00. The van der Waals surface area contributed by atoms with Gasteiger partial charge in [-0.25, -0.2) is 0 Å². The average molecular weight is 148 g/mol. The maximum absolute atomic E-state index is 5.20. The minimum Gasteiger partial charge on any atom is -0.405 e. The highest BCUT2D eigenvalue weighted by atomic mass is 14.6. The van der Waals surface area contributed by atoms with E-state index in [1.54, 1.807) is 0 Å². The third-order valence-electron chi connectivity index (χ3n) is 1.49. The molecule has 1 aromatic heterocycles. The lowest BCUT2D eigenvalue weighted by Gasteiger charge is -1.75. The molecule has 1 heterocycles. The Labute approximate surface area is 65.7 Å². The maximum Gasteiger partial charge on any atom is 0.0410 e. The van der Waals surface area contributed by atoms with Gasteiger partial charge in [0.2, 0.25) is 0 Å². The Kier molecular flexibility index (Phi) is 2.55. The summed E-state index contributed by atoms with van der Waals surface area (Å²) in [5.74, 6) is 0. The number of hydrogen-bond acceptors (Lipinski definition) is 1. The van der Waals surface area contributed by atoms with Crippen LogP contribution in [-0.4, -0.2) is 4.98 Å². The van der Waals surface area contributed by atoms with Crippen LogP contribution < -0.4 is 16.3 Å². The summed E-state index contributed by atoms with van der Waals surface area (Å²) in [6, 6.07) is 2.01. The minimum absolute atomic E-state index is 1.13. The fraction of sp³-hybridized carbons (Fsp3) is 0.111. The molecule has 2 nitrogen and oxygen atoms in total. The van der Waals surface area contributed by atoms with Crippen molar-refractivity contribution in [3.05, 3.63) is 35.1 Å². The molecule has 1 aromatic rings. The minimum atomic E-state index is 1.13. The van der Waals surface area contributed by atoms with Crippen LogP contribution in [-0.2, 0) is 0 Å². The van der Waals surface area contributed by atoms with Crippen LogP contribution in [0.4, 0.5) is 0 Å². The number of aromatic nitrogens is 1. The zero-order valence-electron chi connectivity index (χ0n) is 6.54. The zero-order chi connectivity index (χ0) is 8.10. The standard InChI is InChI=1S/C9H12N2/c1-2-9-8(4-3-6-10)5-7-11-9/h2-7,11H,10H2,1H3/b6-3-,8-4-,9-2+. The van der Waals surface area contributed by atoms with Crippen LogP contribution in [0.5, 0.6) is 0 Å². The van der Waals surface area contributed by atoms with Crippen molar-refractivity contribution in [2.75, 3.05) is 0 Å². The van der Waals surface area contributed by atoms with Crippen LogP contribution in [0.15, 0.2) is 24.5 Å². The molecule has 0 atom stereocenters. The lowest BCUT2D eigenvalue weighted by atomic mass is 10.3. The van der Waals surface area contributed by atoms with Crippen LogP contribution in [0.1, 0.15) is 6.92 Å². The Bertz CT molecular complexity index is 344. The average Bonchev–Trinajstić information content (AvgIpc) is 2.47. The first-order valence-electron chi connectivity index (χ1n) is 3.57. The topological polar surface area (TPSA) is 41.8 Å². The second kappa shape index (κ2) is 3.66. The Morgan fingerprint density at radius 2 is 2.36 bits per heavy atom. The van der Waals surface area contributed by atoms with Crippen LogP contribution >= 0.6 is 0 Å². The van der Waals surface area contributed by atoms with Gasteiger partial charge in [-0.2, -0.15) is 0 Å². The van der Waals surface area contributed by atoms with Crippen molar-refractivity contribution in [1.29, 1.82) is 0 Å². The molecule has 0 amide bonds. The number of hydrogen-bond donors (Lipinski definition) is 2. The summed E-state index contributed by atoms with van der Waals surface area (Å²) in [6.07, 6.45) is 9.23. The van der Waals surface area contributed by atoms with Gasteiger partial charge in [-0.1, -0.05) is 12.2 Å². The zero-order valence-corrected chi connectivity index (χ0v) is 6.54. The molecule has 0 unspecified atom stereocenters. The van der Waals surface area contributed by atoms with Gasteiger partial charge in [-0.15, -0.1) is 0 Å². The molecule has 3 N–H and O–H groups in total. The van der Waals surface area contributed by atoms with E-state index in [9.17, 15) is 0 Å². The van der Waals surface area contributed by atoms with Crippen LogP contribution in [0.2, 0.25) is 0 Å². The van der Waals surface area contributed by atoms with Gasteiger partial charge in [0.1, 0.15) is 0 Å². The van der Waals surface area contributed by atoms with Gasteiger partial charge in [0.05, 0.1) is 0 Å². The van der Waals surface area contributed by atoms with Crippen molar-refractivity contribution in [1.82, 2.24) is 4.98 Å².